The quantitative estimate of drug-likeness (QED) is 0.648. The van der Waals surface area contributed by atoms with E-state index in [0.717, 1.165) is 31.6 Å². The van der Waals surface area contributed by atoms with Gasteiger partial charge < -0.3 is 14.0 Å². The Morgan fingerprint density at radius 3 is 2.92 bits per heavy atom. The zero-order valence-electron chi connectivity index (χ0n) is 13.5. The summed E-state index contributed by atoms with van der Waals surface area (Å²) < 4.78 is 14.8. The van der Waals surface area contributed by atoms with Gasteiger partial charge in [0.2, 0.25) is 6.79 Å². The van der Waals surface area contributed by atoms with Crippen LogP contribution in [-0.2, 0) is 17.8 Å². The average molecular weight is 419 g/mol. The minimum absolute atomic E-state index is 0.174. The fraction of sp³-hybridized carbons (Fsp3) is 0.222. The standard InChI is InChI=1S/C18H15BrN2O3S/c1-2-21-13-5-4-12(19)9-16(13)25-18(21)20-17(22)8-11-3-6-14-15(7-11)24-10-23-14/h3-7,9H,2,8,10H2,1H3. The fourth-order valence-corrected chi connectivity index (χ4v) is 4.47. The van der Waals surface area contributed by atoms with Gasteiger partial charge >= 0.3 is 0 Å². The molecule has 25 heavy (non-hydrogen) atoms. The lowest BCUT2D eigenvalue weighted by atomic mass is 10.1. The smallest absolute Gasteiger partial charge is 0.252 e. The average Bonchev–Trinajstić information content (AvgIpc) is 3.17. The van der Waals surface area contributed by atoms with Gasteiger partial charge in [0.15, 0.2) is 16.3 Å². The summed E-state index contributed by atoms with van der Waals surface area (Å²) in [6.45, 7) is 3.04. The number of rotatable bonds is 3. The summed E-state index contributed by atoms with van der Waals surface area (Å²) >= 11 is 5.01. The lowest BCUT2D eigenvalue weighted by molar-refractivity contribution is -0.117. The maximum atomic E-state index is 12.4. The Labute approximate surface area is 156 Å². The van der Waals surface area contributed by atoms with Crippen molar-refractivity contribution in [1.82, 2.24) is 4.57 Å². The molecule has 1 aromatic heterocycles. The monoisotopic (exact) mass is 418 g/mol. The van der Waals surface area contributed by atoms with Crippen LogP contribution in [0.25, 0.3) is 10.2 Å². The van der Waals surface area contributed by atoms with E-state index in [1.165, 1.54) is 11.3 Å². The van der Waals surface area contributed by atoms with Crippen molar-refractivity contribution in [2.75, 3.05) is 6.79 Å². The second-order valence-electron chi connectivity index (χ2n) is 5.61. The van der Waals surface area contributed by atoms with E-state index in [1.807, 2.05) is 36.4 Å². The molecule has 0 saturated heterocycles. The number of amides is 1. The molecule has 1 amide bonds. The van der Waals surface area contributed by atoms with Gasteiger partial charge in [-0.2, -0.15) is 4.99 Å². The molecule has 3 aromatic rings. The number of fused-ring (bicyclic) bond motifs is 2. The first-order valence-corrected chi connectivity index (χ1v) is 9.50. The van der Waals surface area contributed by atoms with E-state index in [2.05, 4.69) is 32.4 Å². The summed E-state index contributed by atoms with van der Waals surface area (Å²) in [6, 6.07) is 11.6. The second-order valence-corrected chi connectivity index (χ2v) is 7.54. The number of ether oxygens (including phenoxy) is 2. The van der Waals surface area contributed by atoms with Gasteiger partial charge in [0, 0.05) is 11.0 Å². The molecular weight excluding hydrogens is 404 g/mol. The van der Waals surface area contributed by atoms with Crippen molar-refractivity contribution in [3.05, 3.63) is 51.2 Å². The molecule has 0 atom stereocenters. The second kappa shape index (κ2) is 6.65. The summed E-state index contributed by atoms with van der Waals surface area (Å²) in [5.41, 5.74) is 1.95. The molecule has 2 heterocycles. The third-order valence-electron chi connectivity index (χ3n) is 3.97. The normalized spacial score (nSPS) is 13.6. The Hall–Kier alpha value is -2.12. The van der Waals surface area contributed by atoms with Gasteiger partial charge in [-0.05, 0) is 42.8 Å². The van der Waals surface area contributed by atoms with Crippen molar-refractivity contribution < 1.29 is 14.3 Å². The van der Waals surface area contributed by atoms with Gasteiger partial charge in [-0.3, -0.25) is 4.79 Å². The zero-order valence-corrected chi connectivity index (χ0v) is 15.9. The van der Waals surface area contributed by atoms with Crippen molar-refractivity contribution >= 4 is 43.4 Å². The number of benzene rings is 2. The van der Waals surface area contributed by atoms with E-state index in [9.17, 15) is 4.79 Å². The maximum absolute atomic E-state index is 12.4. The number of aryl methyl sites for hydroxylation is 1. The van der Waals surface area contributed by atoms with Crippen LogP contribution in [0.2, 0.25) is 0 Å². The maximum Gasteiger partial charge on any atom is 0.252 e. The number of nitrogens with zero attached hydrogens (tertiary/aromatic N) is 2. The van der Waals surface area contributed by atoms with E-state index in [-0.39, 0.29) is 19.1 Å². The Morgan fingerprint density at radius 2 is 2.08 bits per heavy atom. The number of aromatic nitrogens is 1. The number of hydrogen-bond acceptors (Lipinski definition) is 4. The van der Waals surface area contributed by atoms with Crippen LogP contribution in [0.4, 0.5) is 0 Å². The van der Waals surface area contributed by atoms with Crippen molar-refractivity contribution in [2.45, 2.75) is 19.9 Å². The molecule has 0 saturated carbocycles. The van der Waals surface area contributed by atoms with Gasteiger partial charge in [-0.25, -0.2) is 0 Å². The minimum Gasteiger partial charge on any atom is -0.454 e. The number of thiazole rings is 1. The van der Waals surface area contributed by atoms with Gasteiger partial charge in [-0.1, -0.05) is 33.3 Å². The van der Waals surface area contributed by atoms with Crippen LogP contribution in [0.3, 0.4) is 0 Å². The zero-order chi connectivity index (χ0) is 17.4. The number of carbonyl (C=O) groups is 1. The Kier molecular flexibility index (Phi) is 4.35. The first-order valence-electron chi connectivity index (χ1n) is 7.89. The predicted molar refractivity (Wildman–Crippen MR) is 100 cm³/mol. The van der Waals surface area contributed by atoms with Crippen LogP contribution in [0.5, 0.6) is 11.5 Å². The van der Waals surface area contributed by atoms with Gasteiger partial charge in [0.1, 0.15) is 0 Å². The largest absolute Gasteiger partial charge is 0.454 e. The van der Waals surface area contributed by atoms with E-state index in [1.54, 1.807) is 0 Å². The molecule has 0 radical (unpaired) electrons. The molecule has 0 spiro atoms. The molecular formula is C18H15BrN2O3S. The van der Waals surface area contributed by atoms with Crippen LogP contribution < -0.4 is 14.3 Å². The summed E-state index contributed by atoms with van der Waals surface area (Å²) in [7, 11) is 0. The molecule has 1 aliphatic rings. The van der Waals surface area contributed by atoms with Crippen LogP contribution in [0, 0.1) is 0 Å². The van der Waals surface area contributed by atoms with Crippen LogP contribution in [0.15, 0.2) is 45.9 Å². The molecule has 0 bridgehead atoms. The molecule has 7 heteroatoms. The molecule has 4 rings (SSSR count). The Morgan fingerprint density at radius 1 is 1.24 bits per heavy atom. The van der Waals surface area contributed by atoms with Crippen molar-refractivity contribution in [1.29, 1.82) is 0 Å². The third-order valence-corrected chi connectivity index (χ3v) is 5.51. The van der Waals surface area contributed by atoms with Crippen molar-refractivity contribution in [3.63, 3.8) is 0 Å². The summed E-state index contributed by atoms with van der Waals surface area (Å²) in [6.07, 6.45) is 0.234. The van der Waals surface area contributed by atoms with E-state index >= 15 is 0 Å². The third kappa shape index (κ3) is 3.21. The highest BCUT2D eigenvalue weighted by atomic mass is 79.9. The number of halogens is 1. The summed E-state index contributed by atoms with van der Waals surface area (Å²) in [5, 5.41) is 0. The number of hydrogen-bond donors (Lipinski definition) is 0. The van der Waals surface area contributed by atoms with Crippen LogP contribution >= 0.6 is 27.3 Å². The van der Waals surface area contributed by atoms with Gasteiger partial charge in [0.05, 0.1) is 16.6 Å². The highest BCUT2D eigenvalue weighted by Gasteiger charge is 2.14. The highest BCUT2D eigenvalue weighted by molar-refractivity contribution is 9.10. The molecule has 5 nitrogen and oxygen atoms in total. The fourth-order valence-electron chi connectivity index (χ4n) is 2.81. The van der Waals surface area contributed by atoms with E-state index in [4.69, 9.17) is 9.47 Å². The van der Waals surface area contributed by atoms with Crippen LogP contribution in [0.1, 0.15) is 12.5 Å². The molecule has 0 unspecified atom stereocenters. The summed E-state index contributed by atoms with van der Waals surface area (Å²) in [5.74, 6) is 1.22. The molecule has 0 N–H and O–H groups in total. The molecule has 0 aliphatic carbocycles. The predicted octanol–water partition coefficient (Wildman–Crippen LogP) is 3.88. The number of carbonyl (C=O) groups excluding carboxylic acids is 1. The SMILES string of the molecule is CCn1c(=NC(=O)Cc2ccc3c(c2)OCO3)sc2cc(Br)ccc21. The molecule has 128 valence electrons. The lowest BCUT2D eigenvalue weighted by Crippen LogP contribution is -2.16. The topological polar surface area (TPSA) is 52.8 Å². The highest BCUT2D eigenvalue weighted by Crippen LogP contribution is 2.32. The van der Waals surface area contributed by atoms with E-state index < -0.39 is 0 Å². The first kappa shape index (κ1) is 16.4. The Balaban J connectivity index is 1.66. The van der Waals surface area contributed by atoms with Gasteiger partial charge in [-0.15, -0.1) is 0 Å². The van der Waals surface area contributed by atoms with E-state index in [0.29, 0.717) is 11.5 Å². The Bertz CT molecular complexity index is 1040. The molecule has 2 aromatic carbocycles. The van der Waals surface area contributed by atoms with Gasteiger partial charge in [0.25, 0.3) is 5.91 Å². The molecule has 1 aliphatic heterocycles. The van der Waals surface area contributed by atoms with Crippen molar-refractivity contribution in [2.24, 2.45) is 4.99 Å². The van der Waals surface area contributed by atoms with Crippen LogP contribution in [-0.4, -0.2) is 17.3 Å². The summed E-state index contributed by atoms with van der Waals surface area (Å²) in [4.78, 5) is 17.5. The minimum atomic E-state index is -0.174. The van der Waals surface area contributed by atoms with Crippen molar-refractivity contribution in [3.8, 4) is 11.5 Å². The first-order chi connectivity index (χ1) is 12.1. The molecule has 0 fully saturated rings. The lowest BCUT2D eigenvalue weighted by Gasteiger charge is -2.01.